The maximum absolute atomic E-state index is 11.9. The SMILES string of the molecule is Nc1cc(Cl)c([N+](=O)[O-])cc1N1CC(CCl)CC1=O. The summed E-state index contributed by atoms with van der Waals surface area (Å²) in [5.74, 6) is 0.245. The summed E-state index contributed by atoms with van der Waals surface area (Å²) >= 11 is 11.5. The van der Waals surface area contributed by atoms with Gasteiger partial charge >= 0.3 is 0 Å². The number of nitro groups is 1. The minimum Gasteiger partial charge on any atom is -0.397 e. The van der Waals surface area contributed by atoms with Gasteiger partial charge in [-0.15, -0.1) is 11.6 Å². The number of nitrogen functional groups attached to an aromatic ring is 1. The quantitative estimate of drug-likeness (QED) is 0.402. The average Bonchev–Trinajstić information content (AvgIpc) is 2.70. The van der Waals surface area contributed by atoms with E-state index in [2.05, 4.69) is 0 Å². The van der Waals surface area contributed by atoms with E-state index in [1.807, 2.05) is 0 Å². The van der Waals surface area contributed by atoms with Crippen molar-refractivity contribution in [3.05, 3.63) is 27.3 Å². The van der Waals surface area contributed by atoms with E-state index in [9.17, 15) is 14.9 Å². The average molecular weight is 304 g/mol. The van der Waals surface area contributed by atoms with Gasteiger partial charge in [0.25, 0.3) is 5.69 Å². The number of alkyl halides is 1. The van der Waals surface area contributed by atoms with Crippen molar-refractivity contribution in [1.82, 2.24) is 0 Å². The molecule has 1 fully saturated rings. The second-order valence-corrected chi connectivity index (χ2v) is 5.06. The van der Waals surface area contributed by atoms with Gasteiger partial charge in [-0.05, 0) is 12.0 Å². The summed E-state index contributed by atoms with van der Waals surface area (Å²) < 4.78 is 0. The van der Waals surface area contributed by atoms with Crippen LogP contribution in [0.3, 0.4) is 0 Å². The van der Waals surface area contributed by atoms with Gasteiger partial charge in [-0.3, -0.25) is 14.9 Å². The molecule has 1 aromatic carbocycles. The first kappa shape index (κ1) is 13.9. The summed E-state index contributed by atoms with van der Waals surface area (Å²) in [7, 11) is 0. The normalized spacial score (nSPS) is 18.9. The number of hydrogen-bond donors (Lipinski definition) is 1. The molecule has 1 unspecified atom stereocenters. The zero-order valence-electron chi connectivity index (χ0n) is 9.81. The molecular formula is C11H11Cl2N3O3. The minimum absolute atomic E-state index is 0.0308. The topological polar surface area (TPSA) is 89.5 Å². The number of halogens is 2. The Balaban J connectivity index is 2.42. The molecule has 0 radical (unpaired) electrons. The Kier molecular flexibility index (Phi) is 3.82. The van der Waals surface area contributed by atoms with Crippen molar-refractivity contribution in [1.29, 1.82) is 0 Å². The van der Waals surface area contributed by atoms with Gasteiger partial charge in [0.2, 0.25) is 5.91 Å². The molecule has 0 spiro atoms. The van der Waals surface area contributed by atoms with Crippen LogP contribution in [0.1, 0.15) is 6.42 Å². The van der Waals surface area contributed by atoms with Gasteiger partial charge in [-0.1, -0.05) is 11.6 Å². The molecule has 1 aliphatic heterocycles. The highest BCUT2D eigenvalue weighted by molar-refractivity contribution is 6.33. The van der Waals surface area contributed by atoms with Crippen LogP contribution in [0.25, 0.3) is 0 Å². The zero-order valence-corrected chi connectivity index (χ0v) is 11.3. The first-order chi connectivity index (χ1) is 8.93. The number of carbonyl (C=O) groups is 1. The Morgan fingerprint density at radius 3 is 2.74 bits per heavy atom. The monoisotopic (exact) mass is 303 g/mol. The van der Waals surface area contributed by atoms with Crippen LogP contribution in [0, 0.1) is 16.0 Å². The van der Waals surface area contributed by atoms with Crippen molar-refractivity contribution in [2.24, 2.45) is 5.92 Å². The Bertz CT molecular complexity index is 550. The lowest BCUT2D eigenvalue weighted by Crippen LogP contribution is -2.25. The molecule has 6 nitrogen and oxygen atoms in total. The summed E-state index contributed by atoms with van der Waals surface area (Å²) in [6.07, 6.45) is 0.319. The maximum atomic E-state index is 11.9. The summed E-state index contributed by atoms with van der Waals surface area (Å²) in [6.45, 7) is 0.408. The van der Waals surface area contributed by atoms with Crippen LogP contribution in [-0.4, -0.2) is 23.3 Å². The number of amides is 1. The Labute approximate surface area is 119 Å². The molecule has 1 aromatic rings. The lowest BCUT2D eigenvalue weighted by molar-refractivity contribution is -0.384. The fourth-order valence-electron chi connectivity index (χ4n) is 2.06. The van der Waals surface area contributed by atoms with E-state index >= 15 is 0 Å². The van der Waals surface area contributed by atoms with Gasteiger partial charge < -0.3 is 10.6 Å². The van der Waals surface area contributed by atoms with Crippen LogP contribution < -0.4 is 10.6 Å². The van der Waals surface area contributed by atoms with E-state index < -0.39 is 4.92 Å². The minimum atomic E-state index is -0.606. The number of carbonyl (C=O) groups excluding carboxylic acids is 1. The third-order valence-corrected chi connectivity index (χ3v) is 3.75. The number of nitrogens with two attached hydrogens (primary N) is 1. The highest BCUT2D eigenvalue weighted by atomic mass is 35.5. The maximum Gasteiger partial charge on any atom is 0.290 e. The van der Waals surface area contributed by atoms with Gasteiger partial charge in [-0.25, -0.2) is 0 Å². The number of rotatable bonds is 3. The summed E-state index contributed by atoms with van der Waals surface area (Å²) in [5, 5.41) is 10.8. The van der Waals surface area contributed by atoms with Gasteiger partial charge in [0.1, 0.15) is 5.02 Å². The van der Waals surface area contributed by atoms with Gasteiger partial charge in [0.15, 0.2) is 0 Å². The van der Waals surface area contributed by atoms with Crippen LogP contribution >= 0.6 is 23.2 Å². The molecule has 1 heterocycles. The number of benzene rings is 1. The Morgan fingerprint density at radius 2 is 2.21 bits per heavy atom. The largest absolute Gasteiger partial charge is 0.397 e. The van der Waals surface area contributed by atoms with Gasteiger partial charge in [-0.2, -0.15) is 0 Å². The summed E-state index contributed by atoms with van der Waals surface area (Å²) in [5.41, 5.74) is 6.06. The molecule has 102 valence electrons. The van der Waals surface area contributed by atoms with Crippen molar-refractivity contribution in [3.63, 3.8) is 0 Å². The lowest BCUT2D eigenvalue weighted by atomic mass is 10.1. The zero-order chi connectivity index (χ0) is 14.2. The Hall–Kier alpha value is -1.53. The number of nitrogens with zero attached hydrogens (tertiary/aromatic N) is 2. The fraction of sp³-hybridized carbons (Fsp3) is 0.364. The lowest BCUT2D eigenvalue weighted by Gasteiger charge is -2.18. The number of nitro benzene ring substituents is 1. The first-order valence-corrected chi connectivity index (χ1v) is 6.45. The van der Waals surface area contributed by atoms with E-state index in [1.165, 1.54) is 17.0 Å². The predicted octanol–water partition coefficient (Wildman–Crippen LogP) is 2.42. The molecule has 0 saturated carbocycles. The van der Waals surface area contributed by atoms with Crippen molar-refractivity contribution in [2.75, 3.05) is 23.1 Å². The molecule has 2 rings (SSSR count). The van der Waals surface area contributed by atoms with Crippen molar-refractivity contribution in [3.8, 4) is 0 Å². The smallest absolute Gasteiger partial charge is 0.290 e. The molecule has 2 N–H and O–H groups in total. The third-order valence-electron chi connectivity index (χ3n) is 3.01. The molecule has 1 atom stereocenters. The molecule has 0 bridgehead atoms. The van der Waals surface area contributed by atoms with E-state index in [1.54, 1.807) is 0 Å². The molecule has 0 aromatic heterocycles. The van der Waals surface area contributed by atoms with Crippen LogP contribution in [0.2, 0.25) is 5.02 Å². The van der Waals surface area contributed by atoms with Crippen LogP contribution in [0.5, 0.6) is 0 Å². The third kappa shape index (κ3) is 2.59. The highest BCUT2D eigenvalue weighted by Crippen LogP contribution is 2.37. The Morgan fingerprint density at radius 1 is 1.53 bits per heavy atom. The summed E-state index contributed by atoms with van der Waals surface area (Å²) in [4.78, 5) is 23.5. The first-order valence-electron chi connectivity index (χ1n) is 5.53. The van der Waals surface area contributed by atoms with Crippen molar-refractivity contribution in [2.45, 2.75) is 6.42 Å². The molecule has 0 aliphatic carbocycles. The predicted molar refractivity (Wildman–Crippen MR) is 73.7 cm³/mol. The van der Waals surface area contributed by atoms with E-state index in [4.69, 9.17) is 28.9 Å². The van der Waals surface area contributed by atoms with Gasteiger partial charge in [0, 0.05) is 24.9 Å². The standard InChI is InChI=1S/C11H11Cl2N3O3/c12-4-6-1-11(17)15(5-6)10-3-9(16(18)19)7(13)2-8(10)14/h2-3,6H,1,4-5,14H2. The van der Waals surface area contributed by atoms with Gasteiger partial charge in [0.05, 0.1) is 16.3 Å². The molecular weight excluding hydrogens is 293 g/mol. The second kappa shape index (κ2) is 5.22. The number of anilines is 2. The van der Waals surface area contributed by atoms with E-state index in [0.29, 0.717) is 24.5 Å². The fourth-order valence-corrected chi connectivity index (χ4v) is 2.51. The van der Waals surface area contributed by atoms with Crippen LogP contribution in [0.4, 0.5) is 17.1 Å². The second-order valence-electron chi connectivity index (χ2n) is 4.35. The number of hydrogen-bond acceptors (Lipinski definition) is 4. The molecule has 1 aliphatic rings. The molecule has 8 heteroatoms. The van der Waals surface area contributed by atoms with Crippen LogP contribution in [0.15, 0.2) is 12.1 Å². The van der Waals surface area contributed by atoms with Crippen LogP contribution in [-0.2, 0) is 4.79 Å². The molecule has 19 heavy (non-hydrogen) atoms. The van der Waals surface area contributed by atoms with E-state index in [0.717, 1.165) is 0 Å². The highest BCUT2D eigenvalue weighted by Gasteiger charge is 2.32. The van der Waals surface area contributed by atoms with Crippen molar-refractivity contribution < 1.29 is 9.72 Å². The van der Waals surface area contributed by atoms with Crippen molar-refractivity contribution >= 4 is 46.2 Å². The molecule has 1 amide bonds. The molecule has 1 saturated heterocycles. The van der Waals surface area contributed by atoms with E-state index in [-0.39, 0.29) is 28.2 Å². The summed E-state index contributed by atoms with van der Waals surface area (Å²) in [6, 6.07) is 2.52.